The fraction of sp³-hybridized carbons (Fsp3) is 0.300. The lowest BCUT2D eigenvalue weighted by atomic mass is 10.00. The lowest BCUT2D eigenvalue weighted by Gasteiger charge is -2.17. The number of halogens is 1. The molecule has 0 aliphatic heterocycles. The van der Waals surface area contributed by atoms with Gasteiger partial charge in [0.25, 0.3) is 0 Å². The summed E-state index contributed by atoms with van der Waals surface area (Å²) in [6.45, 7) is -0.591. The maximum Gasteiger partial charge on any atom is 0.150 e. The highest BCUT2D eigenvalue weighted by Crippen LogP contribution is 2.23. The van der Waals surface area contributed by atoms with Crippen LogP contribution in [0.4, 0.5) is 0 Å². The Hall–Kier alpha value is -0.940. The molecule has 5 heteroatoms. The molecule has 0 saturated carbocycles. The summed E-state index contributed by atoms with van der Waals surface area (Å²) in [6, 6.07) is 4.33. The van der Waals surface area contributed by atoms with E-state index >= 15 is 0 Å². The number of carbonyl (C=O) groups excluding carboxylic acids is 1. The zero-order chi connectivity index (χ0) is 11.4. The molecule has 0 aromatic heterocycles. The van der Waals surface area contributed by atoms with Crippen LogP contribution in [-0.2, 0) is 0 Å². The molecular weight excluding hydrogens is 220 g/mol. The molecule has 4 nitrogen and oxygen atoms in total. The van der Waals surface area contributed by atoms with Crippen molar-refractivity contribution in [2.45, 2.75) is 12.2 Å². The SMILES string of the molecule is O=Cc1ccc(Cl)cc1C(O)C(O)CO. The van der Waals surface area contributed by atoms with Crippen molar-refractivity contribution in [3.8, 4) is 0 Å². The Labute approximate surface area is 91.7 Å². The first-order chi connectivity index (χ1) is 7.10. The Balaban J connectivity index is 3.10. The number of aliphatic hydroxyl groups excluding tert-OH is 3. The van der Waals surface area contributed by atoms with Gasteiger partial charge in [0.1, 0.15) is 18.5 Å². The molecule has 82 valence electrons. The second-order valence-corrected chi connectivity index (χ2v) is 3.52. The van der Waals surface area contributed by atoms with Crippen LogP contribution in [0.5, 0.6) is 0 Å². The molecule has 0 aliphatic carbocycles. The number of aliphatic hydroxyl groups is 3. The largest absolute Gasteiger partial charge is 0.394 e. The molecule has 0 radical (unpaired) electrons. The molecule has 3 N–H and O–H groups in total. The lowest BCUT2D eigenvalue weighted by Crippen LogP contribution is -2.23. The van der Waals surface area contributed by atoms with Crippen LogP contribution in [0.15, 0.2) is 18.2 Å². The van der Waals surface area contributed by atoms with Crippen molar-refractivity contribution in [3.05, 3.63) is 34.3 Å². The van der Waals surface area contributed by atoms with E-state index in [0.717, 1.165) is 0 Å². The molecule has 1 aromatic carbocycles. The van der Waals surface area contributed by atoms with E-state index in [9.17, 15) is 15.0 Å². The number of benzene rings is 1. The van der Waals surface area contributed by atoms with Crippen molar-refractivity contribution < 1.29 is 20.1 Å². The van der Waals surface area contributed by atoms with Crippen LogP contribution in [0.2, 0.25) is 5.02 Å². The quantitative estimate of drug-likeness (QED) is 0.660. The minimum Gasteiger partial charge on any atom is -0.394 e. The van der Waals surface area contributed by atoms with Crippen LogP contribution < -0.4 is 0 Å². The van der Waals surface area contributed by atoms with Crippen LogP contribution in [0.3, 0.4) is 0 Å². The van der Waals surface area contributed by atoms with E-state index in [1.54, 1.807) is 0 Å². The summed E-state index contributed by atoms with van der Waals surface area (Å²) in [6.07, 6.45) is -2.10. The fourth-order valence-corrected chi connectivity index (χ4v) is 1.40. The maximum absolute atomic E-state index is 10.7. The van der Waals surface area contributed by atoms with E-state index in [1.165, 1.54) is 18.2 Å². The second-order valence-electron chi connectivity index (χ2n) is 3.09. The van der Waals surface area contributed by atoms with Crippen molar-refractivity contribution in [1.29, 1.82) is 0 Å². The van der Waals surface area contributed by atoms with Crippen LogP contribution in [-0.4, -0.2) is 34.3 Å². The van der Waals surface area contributed by atoms with Gasteiger partial charge in [0.05, 0.1) is 6.61 Å². The van der Waals surface area contributed by atoms with Crippen molar-refractivity contribution in [2.24, 2.45) is 0 Å². The topological polar surface area (TPSA) is 77.8 Å². The molecule has 1 aromatic rings. The van der Waals surface area contributed by atoms with Gasteiger partial charge in [-0.1, -0.05) is 11.6 Å². The summed E-state index contributed by atoms with van der Waals surface area (Å²) < 4.78 is 0. The van der Waals surface area contributed by atoms with E-state index in [1.807, 2.05) is 0 Å². The molecule has 2 unspecified atom stereocenters. The molecule has 0 heterocycles. The first kappa shape index (κ1) is 12.1. The zero-order valence-corrected chi connectivity index (χ0v) is 8.55. The molecule has 0 spiro atoms. The highest BCUT2D eigenvalue weighted by Gasteiger charge is 2.20. The second kappa shape index (κ2) is 5.23. The van der Waals surface area contributed by atoms with Crippen molar-refractivity contribution in [2.75, 3.05) is 6.61 Å². The first-order valence-corrected chi connectivity index (χ1v) is 4.69. The molecule has 1 rings (SSSR count). The minimum atomic E-state index is -1.33. The molecule has 0 saturated heterocycles. The van der Waals surface area contributed by atoms with E-state index in [0.29, 0.717) is 11.3 Å². The van der Waals surface area contributed by atoms with E-state index in [2.05, 4.69) is 0 Å². The number of aldehydes is 1. The van der Waals surface area contributed by atoms with Crippen LogP contribution in [0, 0.1) is 0 Å². The number of hydrogen-bond donors (Lipinski definition) is 3. The predicted molar refractivity (Wildman–Crippen MR) is 54.9 cm³/mol. The Morgan fingerprint density at radius 2 is 2.07 bits per heavy atom. The predicted octanol–water partition coefficient (Wildman–Crippen LogP) is 0.539. The summed E-state index contributed by atoms with van der Waals surface area (Å²) >= 11 is 5.69. The van der Waals surface area contributed by atoms with Gasteiger partial charge < -0.3 is 15.3 Å². The highest BCUT2D eigenvalue weighted by molar-refractivity contribution is 6.30. The van der Waals surface area contributed by atoms with Crippen molar-refractivity contribution in [1.82, 2.24) is 0 Å². The molecule has 15 heavy (non-hydrogen) atoms. The van der Waals surface area contributed by atoms with Crippen molar-refractivity contribution in [3.63, 3.8) is 0 Å². The Kier molecular flexibility index (Phi) is 4.23. The fourth-order valence-electron chi connectivity index (χ4n) is 1.22. The summed E-state index contributed by atoms with van der Waals surface area (Å²) in [7, 11) is 0. The van der Waals surface area contributed by atoms with Crippen LogP contribution in [0.25, 0.3) is 0 Å². The average Bonchev–Trinajstić information content (AvgIpc) is 2.27. The molecule has 0 fully saturated rings. The van der Waals surface area contributed by atoms with Gasteiger partial charge in [0.2, 0.25) is 0 Å². The third-order valence-electron chi connectivity index (χ3n) is 2.05. The van der Waals surface area contributed by atoms with Crippen LogP contribution >= 0.6 is 11.6 Å². The van der Waals surface area contributed by atoms with Gasteiger partial charge in [0.15, 0.2) is 0 Å². The third kappa shape index (κ3) is 2.76. The standard InChI is InChI=1S/C10H11ClO4/c11-7-2-1-6(4-12)8(3-7)10(15)9(14)5-13/h1-4,9-10,13-15H,5H2. The van der Waals surface area contributed by atoms with Gasteiger partial charge in [-0.25, -0.2) is 0 Å². The monoisotopic (exact) mass is 230 g/mol. The zero-order valence-electron chi connectivity index (χ0n) is 7.80. The number of rotatable bonds is 4. The van der Waals surface area contributed by atoms with Gasteiger partial charge in [-0.3, -0.25) is 4.79 Å². The summed E-state index contributed by atoms with van der Waals surface area (Å²) in [5.74, 6) is 0. The van der Waals surface area contributed by atoms with Gasteiger partial charge >= 0.3 is 0 Å². The molecule has 0 bridgehead atoms. The highest BCUT2D eigenvalue weighted by atomic mass is 35.5. The van der Waals surface area contributed by atoms with Gasteiger partial charge in [-0.2, -0.15) is 0 Å². The summed E-state index contributed by atoms with van der Waals surface area (Å²) in [5, 5.41) is 27.8. The molecular formula is C10H11ClO4. The van der Waals surface area contributed by atoms with Gasteiger partial charge in [-0.05, 0) is 23.8 Å². The smallest absolute Gasteiger partial charge is 0.150 e. The molecule has 0 amide bonds. The van der Waals surface area contributed by atoms with E-state index in [-0.39, 0.29) is 11.1 Å². The molecule has 2 atom stereocenters. The van der Waals surface area contributed by atoms with E-state index < -0.39 is 18.8 Å². The number of hydrogen-bond acceptors (Lipinski definition) is 4. The minimum absolute atomic E-state index is 0.207. The normalized spacial score (nSPS) is 14.7. The van der Waals surface area contributed by atoms with Crippen molar-refractivity contribution >= 4 is 17.9 Å². The summed E-state index contributed by atoms with van der Waals surface area (Å²) in [5.41, 5.74) is 0.443. The lowest BCUT2D eigenvalue weighted by molar-refractivity contribution is -0.0154. The number of carbonyl (C=O) groups is 1. The Morgan fingerprint density at radius 3 is 2.60 bits per heavy atom. The Morgan fingerprint density at radius 1 is 1.40 bits per heavy atom. The molecule has 0 aliphatic rings. The van der Waals surface area contributed by atoms with E-state index in [4.69, 9.17) is 16.7 Å². The van der Waals surface area contributed by atoms with Crippen LogP contribution in [0.1, 0.15) is 22.0 Å². The van der Waals surface area contributed by atoms with Gasteiger partial charge in [-0.15, -0.1) is 0 Å². The first-order valence-electron chi connectivity index (χ1n) is 4.31. The maximum atomic E-state index is 10.7. The van der Waals surface area contributed by atoms with Gasteiger partial charge in [0, 0.05) is 10.6 Å². The third-order valence-corrected chi connectivity index (χ3v) is 2.28. The average molecular weight is 231 g/mol. The summed E-state index contributed by atoms with van der Waals surface area (Å²) in [4.78, 5) is 10.7. The Bertz CT molecular complexity index is 353.